The van der Waals surface area contributed by atoms with E-state index in [1.165, 1.54) is 0 Å². The Morgan fingerprint density at radius 3 is 1.80 bits per heavy atom. The first-order chi connectivity index (χ1) is 6.55. The van der Waals surface area contributed by atoms with Crippen LogP contribution < -0.4 is 11.3 Å². The van der Waals surface area contributed by atoms with Crippen molar-refractivity contribution in [1.82, 2.24) is 9.78 Å². The van der Waals surface area contributed by atoms with Gasteiger partial charge < -0.3 is 5.73 Å². The summed E-state index contributed by atoms with van der Waals surface area (Å²) in [6.07, 6.45) is 0. The van der Waals surface area contributed by atoms with Crippen LogP contribution in [0.15, 0.2) is 4.79 Å². The molecule has 0 saturated heterocycles. The monoisotopic (exact) mass is 211 g/mol. The molecule has 1 rings (SSSR count). The van der Waals surface area contributed by atoms with Gasteiger partial charge in [-0.2, -0.15) is 0 Å². The standard InChI is InChI=1S/C11H21N3O/c1-10(2,3)8-7(12)9(15)14(13-8)11(4,5)6/h13H,12H2,1-6H3. The highest BCUT2D eigenvalue weighted by Crippen LogP contribution is 2.25. The molecule has 0 amide bonds. The fourth-order valence-corrected chi connectivity index (χ4v) is 1.49. The topological polar surface area (TPSA) is 63.8 Å². The summed E-state index contributed by atoms with van der Waals surface area (Å²) < 4.78 is 1.59. The van der Waals surface area contributed by atoms with E-state index in [1.54, 1.807) is 4.68 Å². The Morgan fingerprint density at radius 1 is 1.13 bits per heavy atom. The molecule has 0 aliphatic carbocycles. The Morgan fingerprint density at radius 2 is 1.60 bits per heavy atom. The van der Waals surface area contributed by atoms with Crippen LogP contribution in [0.25, 0.3) is 0 Å². The first kappa shape index (κ1) is 11.9. The summed E-state index contributed by atoms with van der Waals surface area (Å²) in [6.45, 7) is 12.0. The normalized spacial score (nSPS) is 13.2. The fraction of sp³-hybridized carbons (Fsp3) is 0.727. The Balaban J connectivity index is 3.45. The zero-order valence-corrected chi connectivity index (χ0v) is 10.4. The molecule has 0 aromatic carbocycles. The fourth-order valence-electron chi connectivity index (χ4n) is 1.49. The number of hydrogen-bond acceptors (Lipinski definition) is 2. The van der Waals surface area contributed by atoms with Crippen LogP contribution in [-0.4, -0.2) is 9.78 Å². The molecular formula is C11H21N3O. The lowest BCUT2D eigenvalue weighted by molar-refractivity contribution is 0.339. The van der Waals surface area contributed by atoms with Gasteiger partial charge in [-0.25, -0.2) is 4.68 Å². The van der Waals surface area contributed by atoms with Crippen molar-refractivity contribution < 1.29 is 0 Å². The third-order valence-corrected chi connectivity index (χ3v) is 2.35. The van der Waals surface area contributed by atoms with E-state index in [4.69, 9.17) is 5.73 Å². The van der Waals surface area contributed by atoms with Crippen LogP contribution in [0.3, 0.4) is 0 Å². The highest BCUT2D eigenvalue weighted by atomic mass is 16.1. The molecule has 0 spiro atoms. The number of nitrogens with two attached hydrogens (primary N) is 1. The van der Waals surface area contributed by atoms with Gasteiger partial charge in [-0.1, -0.05) is 20.8 Å². The van der Waals surface area contributed by atoms with Gasteiger partial charge in [0.05, 0.1) is 11.2 Å². The number of aromatic nitrogens is 2. The minimum Gasteiger partial charge on any atom is -0.393 e. The van der Waals surface area contributed by atoms with E-state index in [9.17, 15) is 4.79 Å². The maximum absolute atomic E-state index is 11.9. The number of H-pyrrole nitrogens is 1. The molecule has 1 aromatic heterocycles. The van der Waals surface area contributed by atoms with E-state index in [2.05, 4.69) is 5.10 Å². The summed E-state index contributed by atoms with van der Waals surface area (Å²) in [4.78, 5) is 11.9. The predicted octanol–water partition coefficient (Wildman–Crippen LogP) is 1.81. The summed E-state index contributed by atoms with van der Waals surface area (Å²) >= 11 is 0. The van der Waals surface area contributed by atoms with Crippen LogP contribution >= 0.6 is 0 Å². The Hall–Kier alpha value is -1.19. The number of nitrogens with one attached hydrogen (secondary N) is 1. The number of rotatable bonds is 0. The van der Waals surface area contributed by atoms with Gasteiger partial charge in [0.2, 0.25) is 0 Å². The van der Waals surface area contributed by atoms with Crippen LogP contribution in [0.1, 0.15) is 47.2 Å². The second-order valence-corrected chi connectivity index (χ2v) is 5.96. The summed E-state index contributed by atoms with van der Waals surface area (Å²) in [5.74, 6) is 0. The summed E-state index contributed by atoms with van der Waals surface area (Å²) in [7, 11) is 0. The highest BCUT2D eigenvalue weighted by Gasteiger charge is 2.26. The Labute approximate surface area is 90.5 Å². The van der Waals surface area contributed by atoms with Crippen molar-refractivity contribution in [3.8, 4) is 0 Å². The molecule has 1 heterocycles. The zero-order chi connectivity index (χ0) is 12.0. The van der Waals surface area contributed by atoms with Crippen molar-refractivity contribution in [2.24, 2.45) is 0 Å². The van der Waals surface area contributed by atoms with Gasteiger partial charge in [-0.3, -0.25) is 9.89 Å². The van der Waals surface area contributed by atoms with Gasteiger partial charge in [0.1, 0.15) is 5.69 Å². The molecular weight excluding hydrogens is 190 g/mol. The first-order valence-corrected chi connectivity index (χ1v) is 5.16. The molecule has 1 aromatic rings. The largest absolute Gasteiger partial charge is 0.393 e. The molecule has 0 unspecified atom stereocenters. The average molecular weight is 211 g/mol. The van der Waals surface area contributed by atoms with Gasteiger partial charge in [-0.05, 0) is 20.8 Å². The molecule has 0 saturated carbocycles. The molecule has 0 fully saturated rings. The number of anilines is 1. The summed E-state index contributed by atoms with van der Waals surface area (Å²) in [5.41, 5.74) is 6.42. The van der Waals surface area contributed by atoms with Crippen LogP contribution in [-0.2, 0) is 11.0 Å². The minimum atomic E-state index is -0.269. The molecule has 0 aliphatic heterocycles. The highest BCUT2D eigenvalue weighted by molar-refractivity contribution is 5.44. The summed E-state index contributed by atoms with van der Waals surface area (Å²) in [6, 6.07) is 0. The van der Waals surface area contributed by atoms with E-state index < -0.39 is 0 Å². The predicted molar refractivity (Wildman–Crippen MR) is 63.2 cm³/mol. The van der Waals surface area contributed by atoms with E-state index in [0.29, 0.717) is 5.69 Å². The van der Waals surface area contributed by atoms with Crippen LogP contribution in [0.5, 0.6) is 0 Å². The quantitative estimate of drug-likeness (QED) is 0.687. The van der Waals surface area contributed by atoms with Gasteiger partial charge in [-0.15, -0.1) is 0 Å². The number of nitrogens with zero attached hydrogens (tertiary/aromatic N) is 1. The Kier molecular flexibility index (Phi) is 2.50. The maximum Gasteiger partial charge on any atom is 0.290 e. The molecule has 4 heteroatoms. The lowest BCUT2D eigenvalue weighted by atomic mass is 9.91. The molecule has 86 valence electrons. The third-order valence-electron chi connectivity index (χ3n) is 2.35. The smallest absolute Gasteiger partial charge is 0.290 e. The van der Waals surface area contributed by atoms with Crippen molar-refractivity contribution in [1.29, 1.82) is 0 Å². The van der Waals surface area contributed by atoms with E-state index in [0.717, 1.165) is 5.69 Å². The zero-order valence-electron chi connectivity index (χ0n) is 10.4. The molecule has 0 aliphatic rings. The van der Waals surface area contributed by atoms with Crippen molar-refractivity contribution in [3.05, 3.63) is 16.0 Å². The van der Waals surface area contributed by atoms with Crippen LogP contribution in [0.2, 0.25) is 0 Å². The van der Waals surface area contributed by atoms with Crippen molar-refractivity contribution in [3.63, 3.8) is 0 Å². The van der Waals surface area contributed by atoms with Gasteiger partial charge in [0.15, 0.2) is 0 Å². The van der Waals surface area contributed by atoms with E-state index in [1.807, 2.05) is 41.5 Å². The minimum absolute atomic E-state index is 0.132. The second kappa shape index (κ2) is 3.15. The second-order valence-electron chi connectivity index (χ2n) is 5.96. The van der Waals surface area contributed by atoms with Gasteiger partial charge in [0, 0.05) is 5.41 Å². The molecule has 4 nitrogen and oxygen atoms in total. The average Bonchev–Trinajstić information content (AvgIpc) is 2.26. The number of aromatic amines is 1. The number of hydrogen-bond donors (Lipinski definition) is 2. The molecule has 3 N–H and O–H groups in total. The molecule has 0 atom stereocenters. The SMILES string of the molecule is CC(C)(C)c1[nH]n(C(C)(C)C)c(=O)c1N. The third kappa shape index (κ3) is 2.08. The molecule has 0 radical (unpaired) electrons. The van der Waals surface area contributed by atoms with E-state index in [-0.39, 0.29) is 16.5 Å². The maximum atomic E-state index is 11.9. The van der Waals surface area contributed by atoms with Gasteiger partial charge >= 0.3 is 0 Å². The molecule has 0 bridgehead atoms. The van der Waals surface area contributed by atoms with Crippen molar-refractivity contribution in [2.45, 2.75) is 52.5 Å². The Bertz CT molecular complexity index is 413. The molecule has 15 heavy (non-hydrogen) atoms. The first-order valence-electron chi connectivity index (χ1n) is 5.16. The van der Waals surface area contributed by atoms with Crippen molar-refractivity contribution in [2.75, 3.05) is 5.73 Å². The lowest BCUT2D eigenvalue weighted by Gasteiger charge is -2.21. The lowest BCUT2D eigenvalue weighted by Crippen LogP contribution is -2.33. The number of nitrogen functional groups attached to an aromatic ring is 1. The summed E-state index contributed by atoms with van der Waals surface area (Å²) in [5, 5.41) is 3.11. The van der Waals surface area contributed by atoms with Crippen LogP contribution in [0, 0.1) is 0 Å². The van der Waals surface area contributed by atoms with Gasteiger partial charge in [0.25, 0.3) is 5.56 Å². The van der Waals surface area contributed by atoms with Crippen LogP contribution in [0.4, 0.5) is 5.69 Å². The van der Waals surface area contributed by atoms with Crippen molar-refractivity contribution >= 4 is 5.69 Å². The van der Waals surface area contributed by atoms with E-state index >= 15 is 0 Å².